The van der Waals surface area contributed by atoms with Gasteiger partial charge in [-0.1, -0.05) is 0 Å². The molecular weight excluding hydrogens is 146 g/mol. The first-order valence-corrected chi connectivity index (χ1v) is 3.59. The minimum absolute atomic E-state index is 0.0428. The summed E-state index contributed by atoms with van der Waals surface area (Å²) in [7, 11) is 1.32. The highest BCUT2D eigenvalue weighted by Crippen LogP contribution is 2.40. The van der Waals surface area contributed by atoms with E-state index in [1.165, 1.54) is 7.11 Å². The maximum Gasteiger partial charge on any atom is 0.314 e. The van der Waals surface area contributed by atoms with Crippen molar-refractivity contribution in [2.75, 3.05) is 13.7 Å². The van der Waals surface area contributed by atoms with Crippen molar-refractivity contribution in [3.8, 4) is 0 Å². The van der Waals surface area contributed by atoms with Crippen LogP contribution in [0.15, 0.2) is 0 Å². The molecule has 0 aromatic heterocycles. The summed E-state index contributed by atoms with van der Waals surface area (Å²) < 4.78 is 4.54. The summed E-state index contributed by atoms with van der Waals surface area (Å²) >= 11 is 0. The molecule has 0 aromatic carbocycles. The van der Waals surface area contributed by atoms with Crippen molar-refractivity contribution in [1.82, 2.24) is 0 Å². The Kier molecular flexibility index (Phi) is 2.15. The number of esters is 1. The van der Waals surface area contributed by atoms with Crippen LogP contribution < -0.4 is 5.73 Å². The van der Waals surface area contributed by atoms with Gasteiger partial charge in [0, 0.05) is 6.04 Å². The van der Waals surface area contributed by atoms with E-state index in [1.54, 1.807) is 0 Å². The van der Waals surface area contributed by atoms with Crippen molar-refractivity contribution >= 4 is 5.97 Å². The van der Waals surface area contributed by atoms with Crippen LogP contribution in [-0.2, 0) is 9.53 Å². The van der Waals surface area contributed by atoms with Crippen LogP contribution in [0.3, 0.4) is 0 Å². The van der Waals surface area contributed by atoms with Gasteiger partial charge in [0.1, 0.15) is 0 Å². The summed E-state index contributed by atoms with van der Waals surface area (Å²) in [6, 6.07) is 0.0428. The molecule has 0 heterocycles. The van der Waals surface area contributed by atoms with E-state index >= 15 is 0 Å². The Bertz CT molecular complexity index is 163. The molecule has 1 saturated carbocycles. The lowest BCUT2D eigenvalue weighted by Crippen LogP contribution is -2.53. The van der Waals surface area contributed by atoms with Crippen molar-refractivity contribution in [3.63, 3.8) is 0 Å². The molecule has 0 unspecified atom stereocenters. The molecule has 4 heteroatoms. The Morgan fingerprint density at radius 1 is 1.82 bits per heavy atom. The second kappa shape index (κ2) is 2.79. The average Bonchev–Trinajstić information content (AvgIpc) is 1.96. The van der Waals surface area contributed by atoms with Gasteiger partial charge in [-0.3, -0.25) is 4.79 Å². The number of aliphatic hydroxyl groups is 1. The standard InChI is InChI=1S/C7H13NO3/c1-11-6(10)7(4-9)2-5(8)3-7/h5,9H,2-4,8H2,1H3. The number of hydrogen-bond donors (Lipinski definition) is 2. The van der Waals surface area contributed by atoms with Crippen LogP contribution in [-0.4, -0.2) is 30.8 Å². The van der Waals surface area contributed by atoms with Crippen LogP contribution in [0.4, 0.5) is 0 Å². The molecule has 0 bridgehead atoms. The zero-order chi connectivity index (χ0) is 8.48. The third kappa shape index (κ3) is 1.23. The number of methoxy groups -OCH3 is 1. The van der Waals surface area contributed by atoms with Gasteiger partial charge in [0.05, 0.1) is 19.1 Å². The second-order valence-corrected chi connectivity index (χ2v) is 3.10. The molecule has 0 radical (unpaired) electrons. The smallest absolute Gasteiger partial charge is 0.314 e. The van der Waals surface area contributed by atoms with E-state index in [2.05, 4.69) is 4.74 Å². The predicted octanol–water partition coefficient (Wildman–Crippen LogP) is -0.741. The summed E-state index contributed by atoms with van der Waals surface area (Å²) in [6.07, 6.45) is 1.08. The summed E-state index contributed by atoms with van der Waals surface area (Å²) in [4.78, 5) is 11.1. The maximum absolute atomic E-state index is 11.1. The lowest BCUT2D eigenvalue weighted by atomic mass is 9.66. The SMILES string of the molecule is COC(=O)C1(CO)CC(N)C1. The number of hydrogen-bond acceptors (Lipinski definition) is 4. The van der Waals surface area contributed by atoms with Gasteiger partial charge in [-0.25, -0.2) is 0 Å². The van der Waals surface area contributed by atoms with Gasteiger partial charge in [0.2, 0.25) is 0 Å². The summed E-state index contributed by atoms with van der Waals surface area (Å²) in [5, 5.41) is 8.90. The van der Waals surface area contributed by atoms with Crippen molar-refractivity contribution in [1.29, 1.82) is 0 Å². The molecule has 0 saturated heterocycles. The van der Waals surface area contributed by atoms with Crippen LogP contribution in [0, 0.1) is 5.41 Å². The number of aliphatic hydroxyl groups excluding tert-OH is 1. The van der Waals surface area contributed by atoms with Crippen molar-refractivity contribution < 1.29 is 14.6 Å². The van der Waals surface area contributed by atoms with Gasteiger partial charge >= 0.3 is 5.97 Å². The first-order valence-electron chi connectivity index (χ1n) is 3.59. The second-order valence-electron chi connectivity index (χ2n) is 3.10. The van der Waals surface area contributed by atoms with Crippen LogP contribution in [0.5, 0.6) is 0 Å². The molecule has 1 fully saturated rings. The highest BCUT2D eigenvalue weighted by molar-refractivity contribution is 5.78. The minimum atomic E-state index is -0.686. The largest absolute Gasteiger partial charge is 0.469 e. The van der Waals surface area contributed by atoms with Crippen LogP contribution in [0.1, 0.15) is 12.8 Å². The van der Waals surface area contributed by atoms with Gasteiger partial charge in [0.15, 0.2) is 0 Å². The van der Waals surface area contributed by atoms with E-state index in [0.29, 0.717) is 12.8 Å². The van der Waals surface area contributed by atoms with E-state index in [1.807, 2.05) is 0 Å². The molecule has 64 valence electrons. The highest BCUT2D eigenvalue weighted by atomic mass is 16.5. The first-order chi connectivity index (χ1) is 5.14. The Morgan fingerprint density at radius 2 is 2.36 bits per heavy atom. The topological polar surface area (TPSA) is 72.5 Å². The molecule has 0 aromatic rings. The molecule has 0 aliphatic heterocycles. The predicted molar refractivity (Wildman–Crippen MR) is 38.7 cm³/mol. The molecule has 1 aliphatic carbocycles. The van der Waals surface area contributed by atoms with E-state index in [9.17, 15) is 4.79 Å². The normalized spacial score (nSPS) is 36.1. The van der Waals surface area contributed by atoms with E-state index in [-0.39, 0.29) is 18.6 Å². The molecule has 11 heavy (non-hydrogen) atoms. The minimum Gasteiger partial charge on any atom is -0.469 e. The fourth-order valence-corrected chi connectivity index (χ4v) is 1.52. The van der Waals surface area contributed by atoms with Crippen molar-refractivity contribution in [3.05, 3.63) is 0 Å². The van der Waals surface area contributed by atoms with E-state index in [0.717, 1.165) is 0 Å². The lowest BCUT2D eigenvalue weighted by Gasteiger charge is -2.41. The number of rotatable bonds is 2. The van der Waals surface area contributed by atoms with Crippen LogP contribution in [0.2, 0.25) is 0 Å². The molecule has 1 aliphatic rings. The zero-order valence-corrected chi connectivity index (χ0v) is 6.54. The number of carbonyl (C=O) groups excluding carboxylic acids is 1. The summed E-state index contributed by atoms with van der Waals surface area (Å²) in [5.74, 6) is -0.346. The van der Waals surface area contributed by atoms with Crippen molar-refractivity contribution in [2.24, 2.45) is 11.1 Å². The van der Waals surface area contributed by atoms with Crippen LogP contribution in [0.25, 0.3) is 0 Å². The average molecular weight is 159 g/mol. The Morgan fingerprint density at radius 3 is 2.64 bits per heavy atom. The monoisotopic (exact) mass is 159 g/mol. The summed E-state index contributed by atoms with van der Waals surface area (Å²) in [5.41, 5.74) is 4.82. The van der Waals surface area contributed by atoms with Gasteiger partial charge in [0.25, 0.3) is 0 Å². The van der Waals surface area contributed by atoms with Gasteiger partial charge in [-0.2, -0.15) is 0 Å². The molecule has 0 atom stereocenters. The first kappa shape index (κ1) is 8.49. The fraction of sp³-hybridized carbons (Fsp3) is 0.857. The third-order valence-electron chi connectivity index (χ3n) is 2.23. The van der Waals surface area contributed by atoms with Gasteiger partial charge in [-0.05, 0) is 12.8 Å². The Balaban J connectivity index is 2.57. The number of carbonyl (C=O) groups is 1. The lowest BCUT2D eigenvalue weighted by molar-refractivity contribution is -0.163. The maximum atomic E-state index is 11.1. The summed E-state index contributed by atoms with van der Waals surface area (Å²) in [6.45, 7) is -0.159. The molecule has 0 spiro atoms. The number of nitrogens with two attached hydrogens (primary N) is 1. The molecule has 1 rings (SSSR count). The van der Waals surface area contributed by atoms with E-state index < -0.39 is 5.41 Å². The Hall–Kier alpha value is -0.610. The Labute approximate surface area is 65.3 Å². The van der Waals surface area contributed by atoms with Crippen molar-refractivity contribution in [2.45, 2.75) is 18.9 Å². The fourth-order valence-electron chi connectivity index (χ4n) is 1.52. The van der Waals surface area contributed by atoms with Gasteiger partial charge in [-0.15, -0.1) is 0 Å². The quantitative estimate of drug-likeness (QED) is 0.520. The van der Waals surface area contributed by atoms with E-state index in [4.69, 9.17) is 10.8 Å². The zero-order valence-electron chi connectivity index (χ0n) is 6.54. The molecular formula is C7H13NO3. The third-order valence-corrected chi connectivity index (χ3v) is 2.23. The molecule has 3 N–H and O–H groups in total. The molecule has 4 nitrogen and oxygen atoms in total. The highest BCUT2D eigenvalue weighted by Gasteiger charge is 2.49. The van der Waals surface area contributed by atoms with Crippen LogP contribution >= 0.6 is 0 Å². The number of ether oxygens (including phenoxy) is 1. The molecule has 0 amide bonds. The van der Waals surface area contributed by atoms with Gasteiger partial charge < -0.3 is 15.6 Å².